The van der Waals surface area contributed by atoms with Gasteiger partial charge in [-0.15, -0.1) is 0 Å². The van der Waals surface area contributed by atoms with Crippen LogP contribution in [0.2, 0.25) is 0 Å². The number of aromatic nitrogens is 2. The van der Waals surface area contributed by atoms with Gasteiger partial charge in [0.1, 0.15) is 5.82 Å². The molecule has 3 aromatic rings. The molecule has 0 aliphatic rings. The molecule has 0 aliphatic carbocycles. The molecule has 0 saturated heterocycles. The standard InChI is InChI=1S/C19H21N5O2/c1-26-12-4-11-21-18-15-5-2-3-6-16(15)23-19(24-18)22-14-9-7-13(8-10-14)17(20)25/h2-3,5-10H,4,11-12H2,1H3,(H2,20,25)(H2,21,22,23,24). The fourth-order valence-corrected chi connectivity index (χ4v) is 2.54. The summed E-state index contributed by atoms with van der Waals surface area (Å²) in [7, 11) is 1.69. The van der Waals surface area contributed by atoms with E-state index in [9.17, 15) is 4.79 Å². The van der Waals surface area contributed by atoms with Crippen molar-refractivity contribution in [3.63, 3.8) is 0 Å². The summed E-state index contributed by atoms with van der Waals surface area (Å²) in [6.45, 7) is 1.44. The van der Waals surface area contributed by atoms with E-state index in [4.69, 9.17) is 10.5 Å². The minimum atomic E-state index is -0.457. The van der Waals surface area contributed by atoms with E-state index in [1.54, 1.807) is 31.4 Å². The van der Waals surface area contributed by atoms with Gasteiger partial charge in [0.25, 0.3) is 0 Å². The molecule has 0 radical (unpaired) electrons. The zero-order valence-corrected chi connectivity index (χ0v) is 14.5. The van der Waals surface area contributed by atoms with Gasteiger partial charge in [-0.1, -0.05) is 12.1 Å². The number of hydrogen-bond acceptors (Lipinski definition) is 6. The average Bonchev–Trinajstić information content (AvgIpc) is 2.65. The lowest BCUT2D eigenvalue weighted by Crippen LogP contribution is -2.10. The van der Waals surface area contributed by atoms with Gasteiger partial charge in [-0.05, 0) is 42.8 Å². The molecular weight excluding hydrogens is 330 g/mol. The lowest BCUT2D eigenvalue weighted by Gasteiger charge is -2.12. The van der Waals surface area contributed by atoms with E-state index in [1.165, 1.54) is 0 Å². The molecule has 0 atom stereocenters. The number of rotatable bonds is 8. The number of nitrogens with zero attached hydrogens (tertiary/aromatic N) is 2. The van der Waals surface area contributed by atoms with Crippen LogP contribution in [-0.4, -0.2) is 36.1 Å². The molecule has 1 aromatic heterocycles. The molecule has 134 valence electrons. The lowest BCUT2D eigenvalue weighted by molar-refractivity contribution is 0.100. The second kappa shape index (κ2) is 8.26. The Morgan fingerprint density at radius 1 is 1.12 bits per heavy atom. The quantitative estimate of drug-likeness (QED) is 0.539. The maximum atomic E-state index is 11.2. The molecule has 0 aliphatic heterocycles. The Hall–Kier alpha value is -3.19. The Kier molecular flexibility index (Phi) is 5.60. The number of carbonyl (C=O) groups excluding carboxylic acids is 1. The van der Waals surface area contributed by atoms with Crippen LogP contribution in [-0.2, 0) is 4.74 Å². The minimum absolute atomic E-state index is 0.454. The number of methoxy groups -OCH3 is 1. The van der Waals surface area contributed by atoms with E-state index in [2.05, 4.69) is 20.6 Å². The van der Waals surface area contributed by atoms with E-state index in [0.717, 1.165) is 35.4 Å². The number of para-hydroxylation sites is 1. The zero-order chi connectivity index (χ0) is 18.4. The van der Waals surface area contributed by atoms with Crippen LogP contribution in [0.5, 0.6) is 0 Å². The predicted molar refractivity (Wildman–Crippen MR) is 103 cm³/mol. The molecule has 26 heavy (non-hydrogen) atoms. The molecule has 2 aromatic carbocycles. The molecule has 0 spiro atoms. The van der Waals surface area contributed by atoms with Crippen LogP contribution >= 0.6 is 0 Å². The van der Waals surface area contributed by atoms with E-state index >= 15 is 0 Å². The summed E-state index contributed by atoms with van der Waals surface area (Å²) in [5.74, 6) is 0.786. The molecule has 0 fully saturated rings. The fraction of sp³-hybridized carbons (Fsp3) is 0.211. The van der Waals surface area contributed by atoms with Crippen LogP contribution in [0.25, 0.3) is 10.9 Å². The normalized spacial score (nSPS) is 10.7. The molecule has 1 amide bonds. The SMILES string of the molecule is COCCCNc1nc(Nc2ccc(C(N)=O)cc2)nc2ccccc12. The third kappa shape index (κ3) is 4.25. The monoisotopic (exact) mass is 351 g/mol. The van der Waals surface area contributed by atoms with Crippen LogP contribution in [0.15, 0.2) is 48.5 Å². The largest absolute Gasteiger partial charge is 0.385 e. The van der Waals surface area contributed by atoms with Crippen LogP contribution in [0.1, 0.15) is 16.8 Å². The van der Waals surface area contributed by atoms with Gasteiger partial charge in [-0.2, -0.15) is 4.98 Å². The summed E-state index contributed by atoms with van der Waals surface area (Å²) in [6, 6.07) is 14.7. The Labute approximate surface area is 151 Å². The van der Waals surface area contributed by atoms with E-state index in [0.29, 0.717) is 18.1 Å². The smallest absolute Gasteiger partial charge is 0.248 e. The van der Waals surface area contributed by atoms with Gasteiger partial charge in [0.05, 0.1) is 5.52 Å². The van der Waals surface area contributed by atoms with Crippen LogP contribution < -0.4 is 16.4 Å². The molecular formula is C19H21N5O2. The van der Waals surface area contributed by atoms with Gasteiger partial charge in [-0.3, -0.25) is 4.79 Å². The predicted octanol–water partition coefficient (Wildman–Crippen LogP) is 2.92. The Balaban J connectivity index is 1.84. The molecule has 0 saturated carbocycles. The van der Waals surface area contributed by atoms with Gasteiger partial charge in [0, 0.05) is 36.9 Å². The first kappa shape index (κ1) is 17.6. The Morgan fingerprint density at radius 2 is 1.88 bits per heavy atom. The number of nitrogens with two attached hydrogens (primary N) is 1. The van der Waals surface area contributed by atoms with Gasteiger partial charge < -0.3 is 21.1 Å². The number of benzene rings is 2. The first-order chi connectivity index (χ1) is 12.7. The minimum Gasteiger partial charge on any atom is -0.385 e. The highest BCUT2D eigenvalue weighted by Gasteiger charge is 2.08. The number of fused-ring (bicyclic) bond motifs is 1. The maximum absolute atomic E-state index is 11.2. The van der Waals surface area contributed by atoms with Crippen molar-refractivity contribution in [1.29, 1.82) is 0 Å². The average molecular weight is 351 g/mol. The molecule has 7 nitrogen and oxygen atoms in total. The second-order valence-electron chi connectivity index (χ2n) is 5.75. The highest BCUT2D eigenvalue weighted by Crippen LogP contribution is 2.23. The topological polar surface area (TPSA) is 102 Å². The number of amides is 1. The van der Waals surface area contributed by atoms with Crippen molar-refractivity contribution in [2.75, 3.05) is 30.9 Å². The fourth-order valence-electron chi connectivity index (χ4n) is 2.54. The Morgan fingerprint density at radius 3 is 2.62 bits per heavy atom. The summed E-state index contributed by atoms with van der Waals surface area (Å²) in [6.07, 6.45) is 0.881. The lowest BCUT2D eigenvalue weighted by atomic mass is 10.2. The van der Waals surface area contributed by atoms with E-state index in [1.807, 2.05) is 24.3 Å². The van der Waals surface area contributed by atoms with Crippen molar-refractivity contribution in [2.45, 2.75) is 6.42 Å². The molecule has 0 bridgehead atoms. The number of hydrogen-bond donors (Lipinski definition) is 3. The second-order valence-corrected chi connectivity index (χ2v) is 5.75. The molecule has 3 rings (SSSR count). The van der Waals surface area contributed by atoms with Crippen molar-refractivity contribution in [3.05, 3.63) is 54.1 Å². The number of nitrogens with one attached hydrogen (secondary N) is 2. The number of carbonyl (C=O) groups is 1. The number of anilines is 3. The van der Waals surface area contributed by atoms with Crippen molar-refractivity contribution in [1.82, 2.24) is 9.97 Å². The van der Waals surface area contributed by atoms with Crippen molar-refractivity contribution in [2.24, 2.45) is 5.73 Å². The molecule has 0 unspecified atom stereocenters. The molecule has 7 heteroatoms. The maximum Gasteiger partial charge on any atom is 0.248 e. The molecule has 1 heterocycles. The summed E-state index contributed by atoms with van der Waals surface area (Å²) < 4.78 is 5.08. The van der Waals surface area contributed by atoms with Crippen molar-refractivity contribution < 1.29 is 9.53 Å². The van der Waals surface area contributed by atoms with Crippen LogP contribution in [0.4, 0.5) is 17.5 Å². The number of primary amides is 1. The third-order valence-electron chi connectivity index (χ3n) is 3.85. The van der Waals surface area contributed by atoms with Gasteiger partial charge in [0.2, 0.25) is 11.9 Å². The summed E-state index contributed by atoms with van der Waals surface area (Å²) in [5, 5.41) is 7.46. The highest BCUT2D eigenvalue weighted by molar-refractivity contribution is 5.93. The molecule has 4 N–H and O–H groups in total. The van der Waals surface area contributed by atoms with E-state index < -0.39 is 5.91 Å². The summed E-state index contributed by atoms with van der Waals surface area (Å²) in [5.41, 5.74) is 7.33. The Bertz CT molecular complexity index is 896. The third-order valence-corrected chi connectivity index (χ3v) is 3.85. The van der Waals surface area contributed by atoms with Crippen molar-refractivity contribution in [3.8, 4) is 0 Å². The summed E-state index contributed by atoms with van der Waals surface area (Å²) in [4.78, 5) is 20.3. The van der Waals surface area contributed by atoms with Crippen molar-refractivity contribution >= 4 is 34.3 Å². The van der Waals surface area contributed by atoms with Gasteiger partial charge in [0.15, 0.2) is 0 Å². The number of ether oxygens (including phenoxy) is 1. The van der Waals surface area contributed by atoms with Crippen LogP contribution in [0.3, 0.4) is 0 Å². The first-order valence-electron chi connectivity index (χ1n) is 8.34. The van der Waals surface area contributed by atoms with Crippen LogP contribution in [0, 0.1) is 0 Å². The summed E-state index contributed by atoms with van der Waals surface area (Å²) >= 11 is 0. The van der Waals surface area contributed by atoms with E-state index in [-0.39, 0.29) is 0 Å². The van der Waals surface area contributed by atoms with Gasteiger partial charge >= 0.3 is 0 Å². The zero-order valence-electron chi connectivity index (χ0n) is 14.5. The van der Waals surface area contributed by atoms with Gasteiger partial charge in [-0.25, -0.2) is 4.98 Å². The highest BCUT2D eigenvalue weighted by atomic mass is 16.5. The first-order valence-corrected chi connectivity index (χ1v) is 8.34.